The SMILES string of the molecule is COc1cc(N)c(Cl)cc1C(=O)NCCCCn1ccnc1C. The van der Waals surface area contributed by atoms with E-state index in [1.54, 1.807) is 12.3 Å². The van der Waals surface area contributed by atoms with Gasteiger partial charge in [0.05, 0.1) is 23.4 Å². The molecule has 0 spiro atoms. The predicted molar refractivity (Wildman–Crippen MR) is 90.9 cm³/mol. The summed E-state index contributed by atoms with van der Waals surface area (Å²) in [5.74, 6) is 1.19. The molecule has 23 heavy (non-hydrogen) atoms. The zero-order chi connectivity index (χ0) is 16.8. The molecule has 0 saturated heterocycles. The molecule has 0 fully saturated rings. The van der Waals surface area contributed by atoms with Crippen LogP contribution >= 0.6 is 11.6 Å². The van der Waals surface area contributed by atoms with Crippen LogP contribution in [0.4, 0.5) is 5.69 Å². The summed E-state index contributed by atoms with van der Waals surface area (Å²) in [5, 5.41) is 3.21. The van der Waals surface area contributed by atoms with Gasteiger partial charge in [-0.3, -0.25) is 4.79 Å². The van der Waals surface area contributed by atoms with Gasteiger partial charge in [0.15, 0.2) is 0 Å². The Kier molecular flexibility index (Phi) is 5.87. The van der Waals surface area contributed by atoms with Gasteiger partial charge in [-0.1, -0.05) is 11.6 Å². The van der Waals surface area contributed by atoms with Crippen molar-refractivity contribution >= 4 is 23.2 Å². The number of aromatic nitrogens is 2. The lowest BCUT2D eigenvalue weighted by Crippen LogP contribution is -2.25. The number of nitrogen functional groups attached to an aromatic ring is 1. The number of hydrogen-bond donors (Lipinski definition) is 2. The molecule has 0 aliphatic rings. The van der Waals surface area contributed by atoms with Gasteiger partial charge in [0.25, 0.3) is 5.91 Å². The molecule has 0 aliphatic carbocycles. The van der Waals surface area contributed by atoms with Crippen LogP contribution in [0.3, 0.4) is 0 Å². The number of nitrogens with zero attached hydrogens (tertiary/aromatic N) is 2. The number of imidazole rings is 1. The minimum absolute atomic E-state index is 0.220. The minimum atomic E-state index is -0.220. The molecule has 124 valence electrons. The van der Waals surface area contributed by atoms with Gasteiger partial charge < -0.3 is 20.4 Å². The molecule has 0 unspecified atom stereocenters. The normalized spacial score (nSPS) is 10.6. The third kappa shape index (κ3) is 4.39. The smallest absolute Gasteiger partial charge is 0.255 e. The van der Waals surface area contributed by atoms with Gasteiger partial charge >= 0.3 is 0 Å². The van der Waals surface area contributed by atoms with Gasteiger partial charge in [-0.25, -0.2) is 4.98 Å². The number of carbonyl (C=O) groups excluding carboxylic acids is 1. The first-order chi connectivity index (χ1) is 11.0. The van der Waals surface area contributed by atoms with Crippen molar-refractivity contribution in [2.24, 2.45) is 0 Å². The standard InChI is InChI=1S/C16H21ClN4O2/c1-11-19-6-8-21(11)7-4-3-5-20-16(22)12-9-13(17)14(18)10-15(12)23-2/h6,8-10H,3-5,7,18H2,1-2H3,(H,20,22). The van der Waals surface area contributed by atoms with E-state index in [2.05, 4.69) is 14.9 Å². The maximum atomic E-state index is 12.2. The summed E-state index contributed by atoms with van der Waals surface area (Å²) in [4.78, 5) is 16.4. The lowest BCUT2D eigenvalue weighted by Gasteiger charge is -2.11. The van der Waals surface area contributed by atoms with Crippen LogP contribution in [0.2, 0.25) is 5.02 Å². The van der Waals surface area contributed by atoms with Crippen molar-refractivity contribution in [1.29, 1.82) is 0 Å². The van der Waals surface area contributed by atoms with E-state index < -0.39 is 0 Å². The van der Waals surface area contributed by atoms with Crippen molar-refractivity contribution in [1.82, 2.24) is 14.9 Å². The van der Waals surface area contributed by atoms with Crippen LogP contribution in [0.5, 0.6) is 5.75 Å². The molecule has 0 saturated carbocycles. The number of nitrogens with one attached hydrogen (secondary N) is 1. The second kappa shape index (κ2) is 7.87. The van der Waals surface area contributed by atoms with Crippen LogP contribution in [0.15, 0.2) is 24.5 Å². The lowest BCUT2D eigenvalue weighted by molar-refractivity contribution is 0.0950. The van der Waals surface area contributed by atoms with Crippen molar-refractivity contribution in [3.63, 3.8) is 0 Å². The van der Waals surface area contributed by atoms with Gasteiger partial charge in [-0.2, -0.15) is 0 Å². The summed E-state index contributed by atoms with van der Waals surface area (Å²) in [5.41, 5.74) is 6.48. The van der Waals surface area contributed by atoms with E-state index in [4.69, 9.17) is 22.1 Å². The van der Waals surface area contributed by atoms with Crippen LogP contribution in [0.1, 0.15) is 29.0 Å². The molecular weight excluding hydrogens is 316 g/mol. The van der Waals surface area contributed by atoms with E-state index in [9.17, 15) is 4.79 Å². The Morgan fingerprint density at radius 3 is 2.87 bits per heavy atom. The van der Waals surface area contributed by atoms with Crippen LogP contribution < -0.4 is 15.8 Å². The number of ether oxygens (including phenoxy) is 1. The summed E-state index contributed by atoms with van der Waals surface area (Å²) < 4.78 is 7.27. The summed E-state index contributed by atoms with van der Waals surface area (Å²) in [6.07, 6.45) is 5.56. The van der Waals surface area contributed by atoms with E-state index in [1.165, 1.54) is 13.2 Å². The number of rotatable bonds is 7. The van der Waals surface area contributed by atoms with Gasteiger partial charge in [0.2, 0.25) is 0 Å². The molecule has 7 heteroatoms. The highest BCUT2D eigenvalue weighted by Crippen LogP contribution is 2.28. The summed E-state index contributed by atoms with van der Waals surface area (Å²) in [7, 11) is 1.49. The fourth-order valence-corrected chi connectivity index (χ4v) is 2.42. The molecule has 2 aromatic rings. The molecule has 1 amide bonds. The zero-order valence-electron chi connectivity index (χ0n) is 13.3. The van der Waals surface area contributed by atoms with E-state index in [0.29, 0.717) is 28.6 Å². The topological polar surface area (TPSA) is 82.2 Å². The fraction of sp³-hybridized carbons (Fsp3) is 0.375. The maximum absolute atomic E-state index is 12.2. The Balaban J connectivity index is 1.83. The van der Waals surface area contributed by atoms with Crippen molar-refractivity contribution in [2.75, 3.05) is 19.4 Å². The minimum Gasteiger partial charge on any atom is -0.496 e. The van der Waals surface area contributed by atoms with E-state index >= 15 is 0 Å². The Bertz CT molecular complexity index is 685. The molecule has 1 aromatic heterocycles. The average Bonchev–Trinajstić information content (AvgIpc) is 2.94. The number of benzene rings is 1. The molecule has 0 radical (unpaired) electrons. The number of unbranched alkanes of at least 4 members (excludes halogenated alkanes) is 1. The second-order valence-electron chi connectivity index (χ2n) is 5.20. The van der Waals surface area contributed by atoms with Crippen LogP contribution in [0, 0.1) is 6.92 Å². The van der Waals surface area contributed by atoms with Gasteiger partial charge in [0, 0.05) is 31.5 Å². The first-order valence-electron chi connectivity index (χ1n) is 7.42. The number of nitrogens with two attached hydrogens (primary N) is 1. The molecule has 0 atom stereocenters. The van der Waals surface area contributed by atoms with E-state index in [-0.39, 0.29) is 5.91 Å². The van der Waals surface area contributed by atoms with Crippen LogP contribution in [-0.2, 0) is 6.54 Å². The summed E-state index contributed by atoms with van der Waals surface area (Å²) >= 11 is 5.97. The molecule has 1 aromatic carbocycles. The molecule has 6 nitrogen and oxygen atoms in total. The van der Waals surface area contributed by atoms with Gasteiger partial charge in [-0.05, 0) is 25.8 Å². The Labute approximate surface area is 140 Å². The Morgan fingerprint density at radius 2 is 2.22 bits per heavy atom. The van der Waals surface area contributed by atoms with Crippen LogP contribution in [0.25, 0.3) is 0 Å². The number of amides is 1. The molecule has 0 aliphatic heterocycles. The molecular formula is C16H21ClN4O2. The molecule has 1 heterocycles. The maximum Gasteiger partial charge on any atom is 0.255 e. The average molecular weight is 337 g/mol. The van der Waals surface area contributed by atoms with E-state index in [1.807, 2.05) is 13.1 Å². The number of carbonyl (C=O) groups is 1. The molecule has 2 rings (SSSR count). The zero-order valence-corrected chi connectivity index (χ0v) is 14.1. The largest absolute Gasteiger partial charge is 0.496 e. The quantitative estimate of drug-likeness (QED) is 0.601. The second-order valence-corrected chi connectivity index (χ2v) is 5.61. The van der Waals surface area contributed by atoms with Gasteiger partial charge in [0.1, 0.15) is 11.6 Å². The highest BCUT2D eigenvalue weighted by atomic mass is 35.5. The third-order valence-electron chi connectivity index (χ3n) is 3.60. The first-order valence-corrected chi connectivity index (χ1v) is 7.79. The number of aryl methyl sites for hydroxylation is 2. The van der Waals surface area contributed by atoms with Crippen molar-refractivity contribution < 1.29 is 9.53 Å². The van der Waals surface area contributed by atoms with Gasteiger partial charge in [-0.15, -0.1) is 0 Å². The van der Waals surface area contributed by atoms with Crippen molar-refractivity contribution in [2.45, 2.75) is 26.3 Å². The predicted octanol–water partition coefficient (Wildman–Crippen LogP) is 2.65. The highest BCUT2D eigenvalue weighted by Gasteiger charge is 2.14. The monoisotopic (exact) mass is 336 g/mol. The fourth-order valence-electron chi connectivity index (χ4n) is 2.26. The first kappa shape index (κ1) is 17.1. The van der Waals surface area contributed by atoms with E-state index in [0.717, 1.165) is 25.2 Å². The van der Waals surface area contributed by atoms with Crippen molar-refractivity contribution in [3.8, 4) is 5.75 Å². The number of hydrogen-bond acceptors (Lipinski definition) is 4. The Hall–Kier alpha value is -2.21. The third-order valence-corrected chi connectivity index (χ3v) is 3.93. The number of halogens is 1. The van der Waals surface area contributed by atoms with Crippen LogP contribution in [-0.4, -0.2) is 29.1 Å². The summed E-state index contributed by atoms with van der Waals surface area (Å²) in [6.45, 7) is 3.44. The molecule has 0 bridgehead atoms. The highest BCUT2D eigenvalue weighted by molar-refractivity contribution is 6.33. The molecule has 3 N–H and O–H groups in total. The van der Waals surface area contributed by atoms with Crippen molar-refractivity contribution in [3.05, 3.63) is 40.9 Å². The lowest BCUT2D eigenvalue weighted by atomic mass is 10.1. The Morgan fingerprint density at radius 1 is 1.43 bits per heavy atom. The number of anilines is 1. The number of methoxy groups -OCH3 is 1. The summed E-state index contributed by atoms with van der Waals surface area (Å²) in [6, 6.07) is 3.08.